The molecule has 0 amide bonds. The molecule has 3 aromatic rings. The molecule has 0 radical (unpaired) electrons. The van der Waals surface area contributed by atoms with Crippen LogP contribution >= 0.6 is 23.2 Å². The zero-order chi connectivity index (χ0) is 34.9. The van der Waals surface area contributed by atoms with Crippen LogP contribution in [-0.2, 0) is 29.9 Å². The van der Waals surface area contributed by atoms with Crippen molar-refractivity contribution in [3.63, 3.8) is 0 Å². The van der Waals surface area contributed by atoms with E-state index in [9.17, 15) is 0 Å². The Kier molecular flexibility index (Phi) is 22.2. The molecular formula is C39H59Cl2FeN3Si2. The third kappa shape index (κ3) is 14.5. The van der Waals surface area contributed by atoms with E-state index in [2.05, 4.69) is 68.5 Å². The third-order valence-corrected chi connectivity index (χ3v) is 19.1. The molecule has 0 spiro atoms. The predicted octanol–water partition coefficient (Wildman–Crippen LogP) is 13.5. The zero-order valence-corrected chi connectivity index (χ0v) is 35.3. The average molecular weight is 753 g/mol. The van der Waals surface area contributed by atoms with Gasteiger partial charge < -0.3 is 13.1 Å². The van der Waals surface area contributed by atoms with Crippen LogP contribution in [0.3, 0.4) is 0 Å². The smallest absolute Gasteiger partial charge is 0.342 e. The van der Waals surface area contributed by atoms with Gasteiger partial charge in [-0.25, -0.2) is 15.0 Å². The second-order valence-corrected chi connectivity index (χ2v) is 23.2. The summed E-state index contributed by atoms with van der Waals surface area (Å²) in [6.45, 7) is 30.2. The zero-order valence-electron chi connectivity index (χ0n) is 30.7. The van der Waals surface area contributed by atoms with Crippen molar-refractivity contribution < 1.29 is 17.1 Å². The maximum absolute atomic E-state index is 6.40. The minimum atomic E-state index is -0.921. The molecule has 47 heavy (non-hydrogen) atoms. The Hall–Kier alpha value is -1.54. The number of hydrogen-bond acceptors (Lipinski definition) is 3. The van der Waals surface area contributed by atoms with Crippen molar-refractivity contribution in [2.75, 3.05) is 0 Å². The van der Waals surface area contributed by atoms with Crippen LogP contribution in [-0.4, -0.2) is 32.6 Å². The summed E-state index contributed by atoms with van der Waals surface area (Å²) >= 11 is 12.8. The topological polar surface area (TPSA) is 37.6 Å². The molecular weight excluding hydrogens is 693 g/mol. The first-order valence-electron chi connectivity index (χ1n) is 17.1. The summed E-state index contributed by atoms with van der Waals surface area (Å²) in [5, 5.41) is 1.29. The van der Waals surface area contributed by atoms with E-state index >= 15 is 0 Å². The number of hydrogen-bond donors (Lipinski definition) is 0. The van der Waals surface area contributed by atoms with E-state index in [0.717, 1.165) is 58.2 Å². The van der Waals surface area contributed by atoms with E-state index in [4.69, 9.17) is 38.2 Å². The maximum Gasteiger partial charge on any atom is 2.00 e. The Bertz CT molecular complexity index is 1300. The summed E-state index contributed by atoms with van der Waals surface area (Å²) in [6.07, 6.45) is 1.73. The Labute approximate surface area is 311 Å². The molecule has 8 heteroatoms. The van der Waals surface area contributed by atoms with E-state index in [1.54, 1.807) is 0 Å². The van der Waals surface area contributed by atoms with E-state index in [1.807, 2.05) is 68.4 Å². The molecule has 0 aliphatic rings. The van der Waals surface area contributed by atoms with Crippen LogP contribution in [0.1, 0.15) is 91.8 Å². The Morgan fingerprint density at radius 1 is 0.574 bits per heavy atom. The van der Waals surface area contributed by atoms with Gasteiger partial charge in [-0.05, 0) is 62.1 Å². The van der Waals surface area contributed by atoms with Crippen LogP contribution in [0.25, 0.3) is 0 Å². The average Bonchev–Trinajstić information content (AvgIpc) is 3.09. The molecule has 0 atom stereocenters. The molecule has 0 saturated carbocycles. The van der Waals surface area contributed by atoms with E-state index in [0.29, 0.717) is 10.0 Å². The molecule has 0 saturated heterocycles. The van der Waals surface area contributed by atoms with Gasteiger partial charge in [-0.15, -0.1) is 0 Å². The molecule has 0 N–H and O–H groups in total. The van der Waals surface area contributed by atoms with E-state index in [-0.39, 0.29) is 17.1 Å². The summed E-state index contributed by atoms with van der Waals surface area (Å²) in [5.41, 5.74) is 7.03. The van der Waals surface area contributed by atoms with E-state index < -0.39 is 16.1 Å². The van der Waals surface area contributed by atoms with Gasteiger partial charge >= 0.3 is 17.1 Å². The number of pyridine rings is 1. The number of halogens is 2. The minimum Gasteiger partial charge on any atom is -0.342 e. The minimum absolute atomic E-state index is 0. The van der Waals surface area contributed by atoms with Gasteiger partial charge in [0.05, 0.1) is 44.2 Å². The first-order valence-corrected chi connectivity index (χ1v) is 23.6. The fourth-order valence-corrected chi connectivity index (χ4v) is 8.20. The second kappa shape index (κ2) is 23.0. The predicted molar refractivity (Wildman–Crippen MR) is 215 cm³/mol. The Morgan fingerprint density at radius 2 is 0.872 bits per heavy atom. The van der Waals surface area contributed by atoms with Crippen LogP contribution in [0.2, 0.25) is 46.3 Å². The van der Waals surface area contributed by atoms with Crippen LogP contribution < -0.4 is 0 Å². The molecule has 0 bridgehead atoms. The first-order chi connectivity index (χ1) is 21.8. The summed E-state index contributed by atoms with van der Waals surface area (Å²) in [7, 11) is -1.84. The largest absolute Gasteiger partial charge is 2.00 e. The monoisotopic (exact) mass is 751 g/mol. The van der Waals surface area contributed by atoms with Crippen molar-refractivity contribution in [1.82, 2.24) is 4.98 Å². The molecule has 1 heterocycles. The Morgan fingerprint density at radius 3 is 1.13 bits per heavy atom. The van der Waals surface area contributed by atoms with Crippen LogP contribution in [0.4, 0.5) is 11.4 Å². The number of benzene rings is 2. The normalized spacial score (nSPS) is 12.0. The van der Waals surface area contributed by atoms with Crippen LogP contribution in [0.5, 0.6) is 0 Å². The number of para-hydroxylation sites is 2. The summed E-state index contributed by atoms with van der Waals surface area (Å²) < 4.78 is 0. The quantitative estimate of drug-likeness (QED) is 0.103. The van der Waals surface area contributed by atoms with Crippen molar-refractivity contribution in [2.45, 2.75) is 118 Å². The molecule has 3 rings (SSSR count). The maximum atomic E-state index is 6.40. The van der Waals surface area contributed by atoms with Crippen molar-refractivity contribution in [2.24, 2.45) is 9.98 Å². The molecule has 260 valence electrons. The Balaban J connectivity index is 0.00000103. The summed E-state index contributed by atoms with van der Waals surface area (Å²) in [4.78, 5) is 14.4. The number of aliphatic imine (C=N–C) groups is 2. The molecule has 0 unspecified atom stereocenters. The van der Waals surface area contributed by atoms with Gasteiger partial charge in [0.25, 0.3) is 0 Å². The first kappa shape index (κ1) is 45.5. The number of aryl methyl sites for hydroxylation is 2. The van der Waals surface area contributed by atoms with E-state index in [1.165, 1.54) is 36.3 Å². The number of nitrogens with zero attached hydrogens (tertiary/aromatic N) is 3. The van der Waals surface area contributed by atoms with Gasteiger partial charge in [0, 0.05) is 0 Å². The van der Waals surface area contributed by atoms with Crippen molar-refractivity contribution in [1.29, 1.82) is 0 Å². The van der Waals surface area contributed by atoms with Crippen molar-refractivity contribution in [3.05, 3.63) is 100 Å². The van der Waals surface area contributed by atoms with Gasteiger partial charge in [-0.3, -0.25) is 0 Å². The molecule has 0 fully saturated rings. The van der Waals surface area contributed by atoms with Gasteiger partial charge in [-0.2, -0.15) is 0 Å². The SMILES string of the molecule is CCc1cccc(Cl)c1N=C(C)c1cccc(C(C)=Nc2c(Cl)cccc2CC)n1.[CH2-][Si](CC)(CC)CC.[CH2-][Si](CC)(CC)CC.[Fe+2]. The van der Waals surface area contributed by atoms with Gasteiger partial charge in [0.1, 0.15) is 0 Å². The molecule has 0 aliphatic heterocycles. The summed E-state index contributed by atoms with van der Waals surface area (Å²) in [5.74, 6) is 0. The van der Waals surface area contributed by atoms with Gasteiger partial charge in [-0.1, -0.05) is 161 Å². The number of aromatic nitrogens is 1. The van der Waals surface area contributed by atoms with Crippen molar-refractivity contribution >= 4 is 62.1 Å². The van der Waals surface area contributed by atoms with Crippen LogP contribution in [0, 0.1) is 13.1 Å². The summed E-state index contributed by atoms with van der Waals surface area (Å²) in [6, 6.07) is 25.7. The molecule has 1 aromatic heterocycles. The molecule has 2 aromatic carbocycles. The third-order valence-electron chi connectivity index (χ3n) is 9.45. The number of rotatable bonds is 12. The fraction of sp³-hybridized carbons (Fsp3) is 0.462. The van der Waals surface area contributed by atoms with Crippen molar-refractivity contribution in [3.8, 4) is 0 Å². The van der Waals surface area contributed by atoms with Gasteiger partial charge in [0.2, 0.25) is 0 Å². The fourth-order valence-electron chi connectivity index (χ4n) is 4.73. The standard InChI is InChI=1S/C25H25Cl2N3.2C7H17Si.Fe/c1-5-18-10-7-12-20(26)24(18)28-16(3)22-14-9-15-23(30-22)17(4)29-25-19(6-2)11-8-13-21(25)27;2*1-5-8(4,6-2)7-3;/h7-15H,5-6H2,1-4H3;2*4-7H2,1-3H3;/q;2*-1;+2. The second-order valence-electron chi connectivity index (χ2n) is 12.1. The molecule has 3 nitrogen and oxygen atoms in total. The van der Waals surface area contributed by atoms with Gasteiger partial charge in [0.15, 0.2) is 0 Å². The molecule has 0 aliphatic carbocycles. The van der Waals surface area contributed by atoms with Crippen LogP contribution in [0.15, 0.2) is 64.6 Å².